The molecule has 1 saturated heterocycles. The lowest BCUT2D eigenvalue weighted by atomic mass is 10.0. The first-order valence-electron chi connectivity index (χ1n) is 8.12. The molecule has 1 aliphatic heterocycles. The third-order valence-corrected chi connectivity index (χ3v) is 4.10. The summed E-state index contributed by atoms with van der Waals surface area (Å²) >= 11 is 0. The minimum Gasteiger partial charge on any atom is -0.507 e. The van der Waals surface area contributed by atoms with Crippen molar-refractivity contribution in [3.63, 3.8) is 0 Å². The highest BCUT2D eigenvalue weighted by atomic mass is 16.5. The third kappa shape index (κ3) is 4.23. The second-order valence-electron chi connectivity index (χ2n) is 5.80. The molecule has 0 radical (unpaired) electrons. The number of phenolic OH excluding ortho intramolecular Hbond substituents is 2. The first-order valence-corrected chi connectivity index (χ1v) is 8.12. The van der Waals surface area contributed by atoms with Crippen LogP contribution in [0.2, 0.25) is 0 Å². The van der Waals surface area contributed by atoms with Gasteiger partial charge in [0.1, 0.15) is 11.5 Å². The summed E-state index contributed by atoms with van der Waals surface area (Å²) in [4.78, 5) is 18.6. The number of ketones is 1. The Kier molecular flexibility index (Phi) is 5.42. The average Bonchev–Trinajstić information content (AvgIpc) is 2.65. The molecular formula is C19H20N2O4. The lowest BCUT2D eigenvalue weighted by molar-refractivity contribution is 0.0335. The molecule has 6 heteroatoms. The molecule has 2 aromatic rings. The van der Waals surface area contributed by atoms with Gasteiger partial charge in [0.25, 0.3) is 0 Å². The Balaban J connectivity index is 1.80. The zero-order valence-corrected chi connectivity index (χ0v) is 13.8. The van der Waals surface area contributed by atoms with Crippen LogP contribution in [0.15, 0.2) is 42.6 Å². The fourth-order valence-electron chi connectivity index (χ4n) is 2.69. The zero-order valence-electron chi connectivity index (χ0n) is 13.8. The van der Waals surface area contributed by atoms with Crippen LogP contribution >= 0.6 is 0 Å². The predicted molar refractivity (Wildman–Crippen MR) is 93.5 cm³/mol. The Morgan fingerprint density at radius 1 is 1.20 bits per heavy atom. The summed E-state index contributed by atoms with van der Waals surface area (Å²) in [5, 5.41) is 20.6. The molecule has 0 unspecified atom stereocenters. The molecule has 1 aliphatic rings. The van der Waals surface area contributed by atoms with Gasteiger partial charge in [-0.2, -0.15) is 0 Å². The van der Waals surface area contributed by atoms with E-state index in [-0.39, 0.29) is 22.8 Å². The molecule has 25 heavy (non-hydrogen) atoms. The fraction of sp³-hybridized carbons (Fsp3) is 0.263. The molecular weight excluding hydrogens is 320 g/mol. The summed E-state index contributed by atoms with van der Waals surface area (Å²) < 4.78 is 5.30. The maximum atomic E-state index is 12.4. The van der Waals surface area contributed by atoms with E-state index in [1.54, 1.807) is 24.4 Å². The fourth-order valence-corrected chi connectivity index (χ4v) is 2.69. The Labute approximate surface area is 146 Å². The van der Waals surface area contributed by atoms with Gasteiger partial charge in [0.15, 0.2) is 5.78 Å². The van der Waals surface area contributed by atoms with Crippen molar-refractivity contribution in [1.82, 2.24) is 9.88 Å². The van der Waals surface area contributed by atoms with E-state index in [2.05, 4.69) is 9.88 Å². The summed E-state index contributed by atoms with van der Waals surface area (Å²) in [7, 11) is 0. The molecule has 0 bridgehead atoms. The number of phenols is 2. The van der Waals surface area contributed by atoms with Gasteiger partial charge in [-0.15, -0.1) is 0 Å². The number of morpholine rings is 1. The van der Waals surface area contributed by atoms with Crippen LogP contribution in [0.3, 0.4) is 0 Å². The number of hydrogen-bond acceptors (Lipinski definition) is 6. The average molecular weight is 340 g/mol. The van der Waals surface area contributed by atoms with Gasteiger partial charge in [-0.05, 0) is 36.4 Å². The van der Waals surface area contributed by atoms with Crippen LogP contribution in [0.5, 0.6) is 11.5 Å². The quantitative estimate of drug-likeness (QED) is 0.641. The van der Waals surface area contributed by atoms with Crippen molar-refractivity contribution >= 4 is 11.9 Å². The van der Waals surface area contributed by atoms with Crippen molar-refractivity contribution in [3.8, 4) is 11.5 Å². The van der Waals surface area contributed by atoms with E-state index < -0.39 is 0 Å². The first-order chi connectivity index (χ1) is 12.1. The largest absolute Gasteiger partial charge is 0.507 e. The minimum absolute atomic E-state index is 0.0192. The molecule has 1 aromatic carbocycles. The number of carbonyl (C=O) groups is 1. The van der Waals surface area contributed by atoms with Crippen LogP contribution < -0.4 is 0 Å². The van der Waals surface area contributed by atoms with Crippen LogP contribution in [0.25, 0.3) is 6.08 Å². The standard InChI is InChI=1S/C19H20N2O4/c22-17(6-4-14-3-1-2-8-20-14)15-5-7-18(23)16(19(15)24)13-21-9-11-25-12-10-21/h1-8,23-24H,9-13H2/b6-4+. The molecule has 1 aromatic heterocycles. The normalized spacial score (nSPS) is 15.5. The second kappa shape index (κ2) is 7.92. The van der Waals surface area contributed by atoms with Crippen LogP contribution in [-0.2, 0) is 11.3 Å². The topological polar surface area (TPSA) is 82.9 Å². The number of aromatic nitrogens is 1. The van der Waals surface area contributed by atoms with Crippen LogP contribution in [-0.4, -0.2) is 52.2 Å². The number of hydrogen-bond donors (Lipinski definition) is 2. The molecule has 0 amide bonds. The van der Waals surface area contributed by atoms with Gasteiger partial charge < -0.3 is 14.9 Å². The molecule has 0 aliphatic carbocycles. The van der Waals surface area contributed by atoms with Crippen LogP contribution in [0, 0.1) is 0 Å². The number of ether oxygens (including phenoxy) is 1. The van der Waals surface area contributed by atoms with E-state index in [0.29, 0.717) is 31.0 Å². The summed E-state index contributed by atoms with van der Waals surface area (Å²) in [6.45, 7) is 3.04. The van der Waals surface area contributed by atoms with Crippen molar-refractivity contribution in [2.75, 3.05) is 26.3 Å². The van der Waals surface area contributed by atoms with Crippen molar-refractivity contribution in [3.05, 3.63) is 59.4 Å². The predicted octanol–water partition coefficient (Wildman–Crippen LogP) is 2.22. The summed E-state index contributed by atoms with van der Waals surface area (Å²) in [6, 6.07) is 8.28. The maximum Gasteiger partial charge on any atom is 0.189 e. The molecule has 6 nitrogen and oxygen atoms in total. The molecule has 0 spiro atoms. The number of aromatic hydroxyl groups is 2. The number of rotatable bonds is 5. The maximum absolute atomic E-state index is 12.4. The highest BCUT2D eigenvalue weighted by Gasteiger charge is 2.19. The van der Waals surface area contributed by atoms with E-state index in [9.17, 15) is 15.0 Å². The Morgan fingerprint density at radius 2 is 2.00 bits per heavy atom. The molecule has 3 rings (SSSR count). The highest BCUT2D eigenvalue weighted by Crippen LogP contribution is 2.32. The van der Waals surface area contributed by atoms with Gasteiger partial charge in [0.2, 0.25) is 0 Å². The molecule has 1 fully saturated rings. The van der Waals surface area contributed by atoms with E-state index in [0.717, 1.165) is 13.1 Å². The minimum atomic E-state index is -0.341. The van der Waals surface area contributed by atoms with E-state index in [1.165, 1.54) is 18.2 Å². The van der Waals surface area contributed by atoms with Crippen molar-refractivity contribution in [2.45, 2.75) is 6.54 Å². The Hall–Kier alpha value is -2.70. The van der Waals surface area contributed by atoms with Crippen LogP contribution in [0.1, 0.15) is 21.6 Å². The molecule has 130 valence electrons. The Morgan fingerprint density at radius 3 is 2.72 bits per heavy atom. The third-order valence-electron chi connectivity index (χ3n) is 4.10. The zero-order chi connectivity index (χ0) is 17.6. The van der Waals surface area contributed by atoms with Gasteiger partial charge in [-0.1, -0.05) is 6.07 Å². The second-order valence-corrected chi connectivity index (χ2v) is 5.80. The van der Waals surface area contributed by atoms with Gasteiger partial charge in [0.05, 0.1) is 30.0 Å². The molecule has 2 heterocycles. The summed E-state index contributed by atoms with van der Waals surface area (Å²) in [6.07, 6.45) is 4.60. The van der Waals surface area contributed by atoms with Gasteiger partial charge in [-0.25, -0.2) is 0 Å². The van der Waals surface area contributed by atoms with Crippen molar-refractivity contribution in [1.29, 1.82) is 0 Å². The molecule has 0 atom stereocenters. The van der Waals surface area contributed by atoms with E-state index in [4.69, 9.17) is 4.74 Å². The highest BCUT2D eigenvalue weighted by molar-refractivity contribution is 6.08. The van der Waals surface area contributed by atoms with Crippen LogP contribution in [0.4, 0.5) is 0 Å². The van der Waals surface area contributed by atoms with Gasteiger partial charge in [0, 0.05) is 25.8 Å². The molecule has 2 N–H and O–H groups in total. The monoisotopic (exact) mass is 340 g/mol. The number of carbonyl (C=O) groups excluding carboxylic acids is 1. The first kappa shape index (κ1) is 17.1. The number of nitrogens with zero attached hydrogens (tertiary/aromatic N) is 2. The Bertz CT molecular complexity index is 768. The summed E-state index contributed by atoms with van der Waals surface area (Å²) in [5.74, 6) is -0.539. The number of pyridine rings is 1. The number of benzene rings is 1. The van der Waals surface area contributed by atoms with E-state index in [1.807, 2.05) is 6.07 Å². The van der Waals surface area contributed by atoms with E-state index >= 15 is 0 Å². The SMILES string of the molecule is O=C(/C=C/c1ccccn1)c1ccc(O)c(CN2CCOCC2)c1O. The van der Waals surface area contributed by atoms with Gasteiger partial charge in [-0.3, -0.25) is 14.7 Å². The number of allylic oxidation sites excluding steroid dienone is 1. The smallest absolute Gasteiger partial charge is 0.189 e. The van der Waals surface area contributed by atoms with Crippen molar-refractivity contribution < 1.29 is 19.7 Å². The van der Waals surface area contributed by atoms with Gasteiger partial charge >= 0.3 is 0 Å². The summed E-state index contributed by atoms with van der Waals surface area (Å²) in [5.41, 5.74) is 1.18. The lowest BCUT2D eigenvalue weighted by Gasteiger charge is -2.27. The lowest BCUT2D eigenvalue weighted by Crippen LogP contribution is -2.35. The van der Waals surface area contributed by atoms with Crippen molar-refractivity contribution in [2.24, 2.45) is 0 Å². The molecule has 0 saturated carbocycles.